The maximum Gasteiger partial charge on any atom is 0.407 e. The first kappa shape index (κ1) is 13.7. The Labute approximate surface area is 110 Å². The van der Waals surface area contributed by atoms with E-state index in [4.69, 9.17) is 4.74 Å². The summed E-state index contributed by atoms with van der Waals surface area (Å²) in [5.41, 5.74) is -0.658. The summed E-state index contributed by atoms with van der Waals surface area (Å²) >= 11 is 2.30. The van der Waals surface area contributed by atoms with Gasteiger partial charge in [0.15, 0.2) is 5.66 Å². The maximum absolute atomic E-state index is 11.3. The highest BCUT2D eigenvalue weighted by Gasteiger charge is 2.38. The van der Waals surface area contributed by atoms with Crippen LogP contribution < -0.4 is 5.32 Å². The van der Waals surface area contributed by atoms with Crippen molar-refractivity contribution >= 4 is 28.7 Å². The predicted octanol–water partition coefficient (Wildman–Crippen LogP) is 2.89. The molecule has 0 atom stereocenters. The number of hydrogen-bond acceptors (Lipinski definition) is 4. The first-order valence-electron chi connectivity index (χ1n) is 5.34. The molecule has 0 fully saturated rings. The van der Waals surface area contributed by atoms with Crippen LogP contribution in [0.15, 0.2) is 10.2 Å². The van der Waals surface area contributed by atoms with Gasteiger partial charge >= 0.3 is 6.09 Å². The number of hydrogen-bond donors (Lipinski definition) is 1. The van der Waals surface area contributed by atoms with E-state index in [-0.39, 0.29) is 11.8 Å². The minimum Gasteiger partial charge on any atom is -0.444 e. The smallest absolute Gasteiger partial charge is 0.407 e. The van der Waals surface area contributed by atoms with Crippen LogP contribution in [0.1, 0.15) is 33.6 Å². The zero-order valence-electron chi connectivity index (χ0n) is 9.92. The zero-order valence-corrected chi connectivity index (χ0v) is 12.1. The van der Waals surface area contributed by atoms with Crippen LogP contribution in [0.25, 0.3) is 0 Å². The number of carbonyl (C=O) groups excluding carboxylic acids is 1. The maximum atomic E-state index is 11.3. The van der Waals surface area contributed by atoms with E-state index in [0.717, 1.165) is 17.3 Å². The Morgan fingerprint density at radius 2 is 2.00 bits per heavy atom. The Hall–Kier alpha value is -0.400. The second-order valence-corrected chi connectivity index (χ2v) is 5.88. The Bertz CT molecular complexity index is 280. The largest absolute Gasteiger partial charge is 0.444 e. The van der Waals surface area contributed by atoms with E-state index < -0.39 is 5.60 Å². The third kappa shape index (κ3) is 5.09. The summed E-state index contributed by atoms with van der Waals surface area (Å²) < 4.78 is 6.15. The highest BCUT2D eigenvalue weighted by atomic mass is 127. The quantitative estimate of drug-likeness (QED) is 0.618. The fourth-order valence-corrected chi connectivity index (χ4v) is 2.09. The van der Waals surface area contributed by atoms with Crippen LogP contribution in [0.5, 0.6) is 0 Å². The average molecular weight is 339 g/mol. The number of rotatable bonds is 5. The van der Waals surface area contributed by atoms with Crippen molar-refractivity contribution in [1.29, 1.82) is 0 Å². The summed E-state index contributed by atoms with van der Waals surface area (Å²) in [6, 6.07) is 0. The van der Waals surface area contributed by atoms with Crippen LogP contribution in [0.2, 0.25) is 0 Å². The number of halogens is 1. The SMILES string of the molecule is CC(C)(C)OC(=O)NCCC1(CCI)N=N1. The molecule has 0 aliphatic carbocycles. The van der Waals surface area contributed by atoms with E-state index in [2.05, 4.69) is 38.1 Å². The lowest BCUT2D eigenvalue weighted by molar-refractivity contribution is 0.0526. The summed E-state index contributed by atoms with van der Waals surface area (Å²) in [6.45, 7) is 6.08. The second-order valence-electron chi connectivity index (χ2n) is 4.80. The van der Waals surface area contributed by atoms with Gasteiger partial charge in [0, 0.05) is 23.8 Å². The van der Waals surface area contributed by atoms with Crippen LogP contribution in [0.4, 0.5) is 4.79 Å². The number of amides is 1. The highest BCUT2D eigenvalue weighted by molar-refractivity contribution is 14.1. The van der Waals surface area contributed by atoms with Crippen molar-refractivity contribution in [3.63, 3.8) is 0 Å². The van der Waals surface area contributed by atoms with Crippen molar-refractivity contribution < 1.29 is 9.53 Å². The lowest BCUT2D eigenvalue weighted by atomic mass is 10.1. The third-order valence-corrected chi connectivity index (χ3v) is 2.61. The van der Waals surface area contributed by atoms with Crippen LogP contribution in [-0.4, -0.2) is 28.3 Å². The molecule has 1 aliphatic rings. The molecule has 0 saturated heterocycles. The van der Waals surface area contributed by atoms with E-state index in [1.807, 2.05) is 20.8 Å². The van der Waals surface area contributed by atoms with Gasteiger partial charge in [-0.3, -0.25) is 0 Å². The molecule has 92 valence electrons. The first-order valence-corrected chi connectivity index (χ1v) is 6.86. The van der Waals surface area contributed by atoms with E-state index >= 15 is 0 Å². The molecule has 16 heavy (non-hydrogen) atoms. The second kappa shape index (κ2) is 5.29. The molecule has 5 nitrogen and oxygen atoms in total. The van der Waals surface area contributed by atoms with Gasteiger partial charge in [-0.15, -0.1) is 0 Å². The molecule has 0 aromatic rings. The fraction of sp³-hybridized carbons (Fsp3) is 0.900. The molecule has 0 aromatic heterocycles. The van der Waals surface area contributed by atoms with Crippen LogP contribution in [0, 0.1) is 0 Å². The topological polar surface area (TPSA) is 63.0 Å². The number of carbonyl (C=O) groups is 1. The van der Waals surface area contributed by atoms with Gasteiger partial charge in [-0.25, -0.2) is 4.79 Å². The molecule has 1 heterocycles. The fourth-order valence-electron chi connectivity index (χ4n) is 1.23. The summed E-state index contributed by atoms with van der Waals surface area (Å²) in [7, 11) is 0. The molecule has 0 bridgehead atoms. The normalized spacial score (nSPS) is 17.0. The predicted molar refractivity (Wildman–Crippen MR) is 69.9 cm³/mol. The lowest BCUT2D eigenvalue weighted by Crippen LogP contribution is -2.34. The van der Waals surface area contributed by atoms with Crippen molar-refractivity contribution in [2.45, 2.75) is 44.9 Å². The molecule has 0 spiro atoms. The van der Waals surface area contributed by atoms with E-state index in [0.29, 0.717) is 6.54 Å². The molecule has 1 N–H and O–H groups in total. The monoisotopic (exact) mass is 339 g/mol. The van der Waals surface area contributed by atoms with Gasteiger partial charge in [-0.1, -0.05) is 22.6 Å². The summed E-state index contributed by atoms with van der Waals surface area (Å²) in [5.74, 6) is 0. The van der Waals surface area contributed by atoms with Gasteiger partial charge in [0.2, 0.25) is 0 Å². The van der Waals surface area contributed by atoms with Gasteiger partial charge in [0.05, 0.1) is 0 Å². The van der Waals surface area contributed by atoms with Gasteiger partial charge in [0.25, 0.3) is 0 Å². The number of nitrogens with one attached hydrogen (secondary N) is 1. The van der Waals surface area contributed by atoms with Crippen molar-refractivity contribution in [3.05, 3.63) is 0 Å². The van der Waals surface area contributed by atoms with Gasteiger partial charge in [-0.2, -0.15) is 10.2 Å². The van der Waals surface area contributed by atoms with Crippen molar-refractivity contribution in [2.24, 2.45) is 10.2 Å². The Morgan fingerprint density at radius 3 is 2.44 bits per heavy atom. The lowest BCUT2D eigenvalue weighted by Gasteiger charge is -2.20. The van der Waals surface area contributed by atoms with Crippen LogP contribution in [-0.2, 0) is 4.74 Å². The Kier molecular flexibility index (Phi) is 4.52. The summed E-state index contributed by atoms with van der Waals surface area (Å²) in [5, 5.41) is 10.8. The molecule has 6 heteroatoms. The molecular formula is C10H18IN3O2. The van der Waals surface area contributed by atoms with Gasteiger partial charge in [0.1, 0.15) is 5.60 Å². The van der Waals surface area contributed by atoms with Crippen molar-refractivity contribution in [2.75, 3.05) is 11.0 Å². The minimum absolute atomic E-state index is 0.212. The molecule has 0 unspecified atom stereocenters. The Morgan fingerprint density at radius 1 is 1.38 bits per heavy atom. The minimum atomic E-state index is -0.446. The van der Waals surface area contributed by atoms with Crippen LogP contribution in [0.3, 0.4) is 0 Å². The van der Waals surface area contributed by atoms with Crippen molar-refractivity contribution in [3.8, 4) is 0 Å². The summed E-state index contributed by atoms with van der Waals surface area (Å²) in [6.07, 6.45) is 1.33. The molecule has 1 amide bonds. The molecule has 0 saturated carbocycles. The van der Waals surface area contributed by atoms with Gasteiger partial charge < -0.3 is 10.1 Å². The number of alkyl halides is 1. The van der Waals surface area contributed by atoms with Crippen molar-refractivity contribution in [1.82, 2.24) is 5.32 Å². The molecule has 1 rings (SSSR count). The molecule has 0 radical (unpaired) electrons. The molecule has 0 aromatic carbocycles. The first-order chi connectivity index (χ1) is 7.37. The molecule has 1 aliphatic heterocycles. The highest BCUT2D eigenvalue weighted by Crippen LogP contribution is 2.35. The summed E-state index contributed by atoms with van der Waals surface area (Å²) in [4.78, 5) is 11.3. The van der Waals surface area contributed by atoms with Gasteiger partial charge in [-0.05, 0) is 20.8 Å². The van der Waals surface area contributed by atoms with E-state index in [1.165, 1.54) is 0 Å². The van der Waals surface area contributed by atoms with E-state index in [1.54, 1.807) is 0 Å². The molecular weight excluding hydrogens is 321 g/mol. The standard InChI is InChI=1S/C10H18IN3O2/c1-9(2,3)16-8(15)12-7-5-10(4-6-11)13-14-10/h4-7H2,1-3H3,(H,12,15). The number of nitrogens with zero attached hydrogens (tertiary/aromatic N) is 2. The van der Waals surface area contributed by atoms with E-state index in [9.17, 15) is 4.79 Å². The third-order valence-electron chi connectivity index (χ3n) is 2.07. The average Bonchev–Trinajstić information content (AvgIpc) is 2.82. The number of ether oxygens (including phenoxy) is 1. The van der Waals surface area contributed by atoms with Crippen LogP contribution >= 0.6 is 22.6 Å². The number of alkyl carbamates (subject to hydrolysis) is 1. The Balaban J connectivity index is 2.14. The zero-order chi connectivity index (χ0) is 12.2.